The van der Waals surface area contributed by atoms with Crippen LogP contribution in [0.3, 0.4) is 0 Å². The number of rotatable bonds is 4. The summed E-state index contributed by atoms with van der Waals surface area (Å²) < 4.78 is 0. The highest BCUT2D eigenvalue weighted by Gasteiger charge is 2.48. The lowest BCUT2D eigenvalue weighted by atomic mass is 9.58. The topological polar surface area (TPSA) is 40.5 Å². The molecule has 8 unspecified atom stereocenters. The van der Waals surface area contributed by atoms with Gasteiger partial charge in [-0.15, -0.1) is 0 Å². The predicted octanol–water partition coefficient (Wildman–Crippen LogP) is 6.05. The summed E-state index contributed by atoms with van der Waals surface area (Å²) in [6.07, 6.45) is 15.3. The van der Waals surface area contributed by atoms with Gasteiger partial charge in [-0.2, -0.15) is 0 Å². The number of hydrogen-bond acceptors (Lipinski definition) is 2. The van der Waals surface area contributed by atoms with Gasteiger partial charge in [-0.3, -0.25) is 0 Å². The lowest BCUT2D eigenvalue weighted by Crippen LogP contribution is -2.49. The monoisotopic (exact) mass is 390 g/mol. The number of hydrogen-bond donors (Lipinski definition) is 2. The first-order chi connectivity index (χ1) is 13.5. The number of aliphatic hydroxyl groups is 2. The average Bonchev–Trinajstić information content (AvgIpc) is 3.38. The van der Waals surface area contributed by atoms with E-state index in [-0.39, 0.29) is 12.2 Å². The van der Waals surface area contributed by atoms with Gasteiger partial charge in [0.15, 0.2) is 0 Å². The van der Waals surface area contributed by atoms with Gasteiger partial charge in [0.25, 0.3) is 0 Å². The molecule has 4 fully saturated rings. The second kappa shape index (κ2) is 8.96. The van der Waals surface area contributed by atoms with E-state index in [4.69, 9.17) is 0 Å². The first-order valence-corrected chi connectivity index (χ1v) is 12.8. The molecule has 0 bridgehead atoms. The van der Waals surface area contributed by atoms with Crippen molar-refractivity contribution >= 4 is 0 Å². The largest absolute Gasteiger partial charge is 0.393 e. The van der Waals surface area contributed by atoms with Crippen molar-refractivity contribution in [2.45, 2.75) is 110 Å². The maximum atomic E-state index is 11.5. The highest BCUT2D eigenvalue weighted by Crippen LogP contribution is 2.51. The Bertz CT molecular complexity index is 449. The Balaban J connectivity index is 1.48. The molecule has 0 aromatic carbocycles. The SMILES string of the molecule is CC1CC(C2CCCC2)C(O)C(C(C)C2CC(C)CC(C3CCCC3)C2O)C1. The van der Waals surface area contributed by atoms with Crippen molar-refractivity contribution in [2.24, 2.45) is 53.3 Å². The minimum absolute atomic E-state index is 0.135. The second-order valence-corrected chi connectivity index (χ2v) is 11.7. The summed E-state index contributed by atoms with van der Waals surface area (Å²) in [5.41, 5.74) is 0. The van der Waals surface area contributed by atoms with Gasteiger partial charge in [0.2, 0.25) is 0 Å². The van der Waals surface area contributed by atoms with Crippen molar-refractivity contribution in [2.75, 3.05) is 0 Å². The molecule has 0 heterocycles. The zero-order valence-electron chi connectivity index (χ0n) is 18.7. The van der Waals surface area contributed by atoms with Gasteiger partial charge in [-0.05, 0) is 78.9 Å². The van der Waals surface area contributed by atoms with Crippen molar-refractivity contribution in [3.63, 3.8) is 0 Å². The Morgan fingerprint density at radius 1 is 0.607 bits per heavy atom. The Morgan fingerprint density at radius 2 is 0.964 bits per heavy atom. The minimum atomic E-state index is -0.135. The van der Waals surface area contributed by atoms with Gasteiger partial charge in [0.05, 0.1) is 12.2 Å². The molecule has 4 aliphatic rings. The maximum Gasteiger partial charge on any atom is 0.0602 e. The highest BCUT2D eigenvalue weighted by atomic mass is 16.3. The normalized spacial score (nSPS) is 47.5. The van der Waals surface area contributed by atoms with E-state index in [1.807, 2.05) is 0 Å². The lowest BCUT2D eigenvalue weighted by Gasteiger charge is -2.49. The number of aliphatic hydroxyl groups excluding tert-OH is 2. The molecule has 8 atom stereocenters. The molecule has 0 aliphatic heterocycles. The van der Waals surface area contributed by atoms with Crippen LogP contribution in [0.25, 0.3) is 0 Å². The zero-order valence-corrected chi connectivity index (χ0v) is 18.7. The quantitative estimate of drug-likeness (QED) is 0.613. The molecular formula is C26H46O2. The Hall–Kier alpha value is -0.0800. The van der Waals surface area contributed by atoms with Crippen LogP contribution in [0.15, 0.2) is 0 Å². The molecule has 4 rings (SSSR count). The minimum Gasteiger partial charge on any atom is -0.393 e. The molecule has 162 valence electrons. The van der Waals surface area contributed by atoms with Gasteiger partial charge < -0.3 is 10.2 Å². The maximum absolute atomic E-state index is 11.5. The van der Waals surface area contributed by atoms with E-state index >= 15 is 0 Å². The second-order valence-electron chi connectivity index (χ2n) is 11.7. The predicted molar refractivity (Wildman–Crippen MR) is 116 cm³/mol. The van der Waals surface area contributed by atoms with Crippen molar-refractivity contribution in [1.29, 1.82) is 0 Å². The fourth-order valence-corrected chi connectivity index (χ4v) is 8.33. The summed E-state index contributed by atoms with van der Waals surface area (Å²) in [7, 11) is 0. The molecule has 0 radical (unpaired) electrons. The van der Waals surface area contributed by atoms with Gasteiger partial charge in [-0.1, -0.05) is 72.1 Å². The molecular weight excluding hydrogens is 344 g/mol. The van der Waals surface area contributed by atoms with Crippen LogP contribution in [-0.2, 0) is 0 Å². The smallest absolute Gasteiger partial charge is 0.0602 e. The van der Waals surface area contributed by atoms with Crippen LogP contribution in [0.4, 0.5) is 0 Å². The Labute approximate surface area is 173 Å². The molecule has 0 saturated heterocycles. The summed E-state index contributed by atoms with van der Waals surface area (Å²) in [6.45, 7) is 7.21. The fraction of sp³-hybridized carbons (Fsp3) is 1.00. The summed E-state index contributed by atoms with van der Waals surface area (Å²) in [4.78, 5) is 0. The molecule has 2 nitrogen and oxygen atoms in total. The Kier molecular flexibility index (Phi) is 6.77. The standard InChI is InChI=1S/C26H46O2/c1-16-12-21(25(27)23(14-16)19-8-4-5-9-19)18(3)22-13-17(2)15-24(26(22)28)20-10-6-7-11-20/h16-28H,4-15H2,1-3H3. The lowest BCUT2D eigenvalue weighted by molar-refractivity contribution is -0.0966. The summed E-state index contributed by atoms with van der Waals surface area (Å²) >= 11 is 0. The van der Waals surface area contributed by atoms with E-state index in [0.717, 1.165) is 36.5 Å². The van der Waals surface area contributed by atoms with Crippen LogP contribution < -0.4 is 0 Å². The van der Waals surface area contributed by atoms with E-state index in [0.29, 0.717) is 29.6 Å². The third kappa shape index (κ3) is 4.20. The first-order valence-electron chi connectivity index (χ1n) is 12.8. The molecule has 4 saturated carbocycles. The molecule has 0 amide bonds. The van der Waals surface area contributed by atoms with Crippen molar-refractivity contribution in [3.05, 3.63) is 0 Å². The van der Waals surface area contributed by atoms with Gasteiger partial charge >= 0.3 is 0 Å². The van der Waals surface area contributed by atoms with Gasteiger partial charge in [0.1, 0.15) is 0 Å². The van der Waals surface area contributed by atoms with E-state index < -0.39 is 0 Å². The summed E-state index contributed by atoms with van der Waals surface area (Å²) in [5, 5.41) is 22.9. The summed E-state index contributed by atoms with van der Waals surface area (Å²) in [5.74, 6) is 5.23. The van der Waals surface area contributed by atoms with Crippen LogP contribution in [0.5, 0.6) is 0 Å². The Morgan fingerprint density at radius 3 is 1.32 bits per heavy atom. The highest BCUT2D eigenvalue weighted by molar-refractivity contribution is 4.97. The zero-order chi connectivity index (χ0) is 19.8. The molecule has 2 heteroatoms. The van der Waals surface area contributed by atoms with Crippen LogP contribution in [0.2, 0.25) is 0 Å². The molecule has 0 aromatic heterocycles. The molecule has 2 N–H and O–H groups in total. The van der Waals surface area contributed by atoms with E-state index in [1.54, 1.807) is 0 Å². The molecule has 28 heavy (non-hydrogen) atoms. The first kappa shape index (κ1) is 21.2. The van der Waals surface area contributed by atoms with Crippen LogP contribution in [-0.4, -0.2) is 22.4 Å². The molecule has 0 spiro atoms. The third-order valence-corrected chi connectivity index (χ3v) is 9.81. The van der Waals surface area contributed by atoms with Crippen LogP contribution >= 0.6 is 0 Å². The third-order valence-electron chi connectivity index (χ3n) is 9.81. The van der Waals surface area contributed by atoms with Crippen molar-refractivity contribution in [1.82, 2.24) is 0 Å². The van der Waals surface area contributed by atoms with Crippen molar-refractivity contribution in [3.8, 4) is 0 Å². The molecule has 0 aromatic rings. The van der Waals surface area contributed by atoms with Crippen molar-refractivity contribution < 1.29 is 10.2 Å². The van der Waals surface area contributed by atoms with E-state index in [1.165, 1.54) is 64.2 Å². The van der Waals surface area contributed by atoms with Crippen LogP contribution in [0, 0.1) is 53.3 Å². The molecule has 4 aliphatic carbocycles. The van der Waals surface area contributed by atoms with E-state index in [9.17, 15) is 10.2 Å². The van der Waals surface area contributed by atoms with E-state index in [2.05, 4.69) is 20.8 Å². The van der Waals surface area contributed by atoms with Gasteiger partial charge in [-0.25, -0.2) is 0 Å². The summed E-state index contributed by atoms with van der Waals surface area (Å²) in [6, 6.07) is 0. The van der Waals surface area contributed by atoms with Gasteiger partial charge in [0, 0.05) is 0 Å². The van der Waals surface area contributed by atoms with Crippen LogP contribution in [0.1, 0.15) is 97.8 Å². The average molecular weight is 391 g/mol. The fourth-order valence-electron chi connectivity index (χ4n) is 8.33.